The molecule has 14 heavy (non-hydrogen) atoms. The molecule has 5 heteroatoms. The minimum absolute atomic E-state index is 0.232. The summed E-state index contributed by atoms with van der Waals surface area (Å²) in [6.07, 6.45) is 2.52. The Labute approximate surface area is 85.4 Å². The number of hydrogen-bond donors (Lipinski definition) is 0. The molecule has 70 valence electrons. The van der Waals surface area contributed by atoms with Gasteiger partial charge in [-0.15, -0.1) is 5.10 Å². The van der Waals surface area contributed by atoms with Crippen LogP contribution in [0.25, 0.3) is 0 Å². The maximum Gasteiger partial charge on any atom is 0.252 e. The second-order valence-corrected chi connectivity index (χ2v) is 3.60. The molecule has 2 aromatic heterocycles. The average molecular weight is 204 g/mol. The average Bonchev–Trinajstić information content (AvgIpc) is 2.86. The number of thiophene rings is 1. The summed E-state index contributed by atoms with van der Waals surface area (Å²) in [5.74, 6) is 0.232. The Morgan fingerprint density at radius 3 is 3.14 bits per heavy atom. The van der Waals surface area contributed by atoms with Crippen molar-refractivity contribution >= 4 is 11.3 Å². The van der Waals surface area contributed by atoms with Crippen LogP contribution in [0.15, 0.2) is 23.2 Å². The zero-order valence-corrected chi connectivity index (χ0v) is 8.24. The van der Waals surface area contributed by atoms with E-state index in [0.29, 0.717) is 0 Å². The first kappa shape index (κ1) is 8.91. The van der Waals surface area contributed by atoms with E-state index in [0.717, 1.165) is 13.0 Å². The number of nitrogens with zero attached hydrogens (tertiary/aromatic N) is 4. The van der Waals surface area contributed by atoms with Gasteiger partial charge in [-0.05, 0) is 28.8 Å². The van der Waals surface area contributed by atoms with E-state index in [9.17, 15) is 0 Å². The molecule has 0 saturated heterocycles. The molecule has 4 nitrogen and oxygen atoms in total. The summed E-state index contributed by atoms with van der Waals surface area (Å²) < 4.78 is 1.69. The first-order chi connectivity index (χ1) is 6.88. The molecule has 0 atom stereocenters. The summed E-state index contributed by atoms with van der Waals surface area (Å²) in [5.41, 5.74) is 1.30. The zero-order valence-electron chi connectivity index (χ0n) is 7.42. The van der Waals surface area contributed by atoms with Gasteiger partial charge in [-0.1, -0.05) is 0 Å². The van der Waals surface area contributed by atoms with E-state index >= 15 is 0 Å². The SMILES string of the molecule is N#Cc1ncn(CCc2ccsc2)n1. The lowest BCUT2D eigenvalue weighted by Gasteiger charge is -1.96. The third-order valence-corrected chi connectivity index (χ3v) is 2.58. The Kier molecular flexibility index (Phi) is 2.56. The van der Waals surface area contributed by atoms with E-state index in [2.05, 4.69) is 26.9 Å². The standard InChI is InChI=1S/C9H8N4S/c10-5-9-11-7-13(12-9)3-1-8-2-4-14-6-8/h2,4,6-7H,1,3H2. The number of aryl methyl sites for hydroxylation is 2. The summed E-state index contributed by atoms with van der Waals surface area (Å²) in [6.45, 7) is 0.769. The van der Waals surface area contributed by atoms with Crippen molar-refractivity contribution in [3.63, 3.8) is 0 Å². The fraction of sp³-hybridized carbons (Fsp3) is 0.222. The number of hydrogen-bond acceptors (Lipinski definition) is 4. The molecule has 0 fully saturated rings. The molecule has 0 aliphatic carbocycles. The molecular weight excluding hydrogens is 196 g/mol. The normalized spacial score (nSPS) is 9.93. The van der Waals surface area contributed by atoms with Crippen LogP contribution in [0.1, 0.15) is 11.4 Å². The van der Waals surface area contributed by atoms with E-state index < -0.39 is 0 Å². The Balaban J connectivity index is 1.96. The third kappa shape index (κ3) is 1.98. The molecule has 0 aromatic carbocycles. The molecule has 0 aliphatic rings. The van der Waals surface area contributed by atoms with Gasteiger partial charge in [0.05, 0.1) is 0 Å². The van der Waals surface area contributed by atoms with Crippen LogP contribution in [0.4, 0.5) is 0 Å². The summed E-state index contributed by atoms with van der Waals surface area (Å²) in [5, 5.41) is 16.7. The van der Waals surface area contributed by atoms with Crippen molar-refractivity contribution in [2.45, 2.75) is 13.0 Å². The van der Waals surface area contributed by atoms with Crippen LogP contribution in [0.2, 0.25) is 0 Å². The topological polar surface area (TPSA) is 54.5 Å². The van der Waals surface area contributed by atoms with Crippen LogP contribution in [0.5, 0.6) is 0 Å². The lowest BCUT2D eigenvalue weighted by molar-refractivity contribution is 0.612. The maximum absolute atomic E-state index is 8.52. The molecule has 2 heterocycles. The molecular formula is C9H8N4S. The van der Waals surface area contributed by atoms with Gasteiger partial charge in [0.15, 0.2) is 0 Å². The van der Waals surface area contributed by atoms with Gasteiger partial charge in [0.25, 0.3) is 5.82 Å². The minimum atomic E-state index is 0.232. The number of aromatic nitrogens is 3. The summed E-state index contributed by atoms with van der Waals surface area (Å²) in [4.78, 5) is 3.83. The van der Waals surface area contributed by atoms with Gasteiger partial charge in [-0.3, -0.25) is 4.68 Å². The van der Waals surface area contributed by atoms with Crippen LogP contribution < -0.4 is 0 Å². The Morgan fingerprint density at radius 2 is 2.50 bits per heavy atom. The zero-order chi connectivity index (χ0) is 9.80. The summed E-state index contributed by atoms with van der Waals surface area (Å²) in [7, 11) is 0. The third-order valence-electron chi connectivity index (χ3n) is 1.85. The maximum atomic E-state index is 8.52. The van der Waals surface area contributed by atoms with Gasteiger partial charge in [-0.2, -0.15) is 16.6 Å². The van der Waals surface area contributed by atoms with Crippen molar-refractivity contribution in [2.24, 2.45) is 0 Å². The Morgan fingerprint density at radius 1 is 1.57 bits per heavy atom. The highest BCUT2D eigenvalue weighted by Gasteiger charge is 1.99. The van der Waals surface area contributed by atoms with Gasteiger partial charge in [0.2, 0.25) is 0 Å². The fourth-order valence-electron chi connectivity index (χ4n) is 1.13. The first-order valence-electron chi connectivity index (χ1n) is 4.19. The quantitative estimate of drug-likeness (QED) is 0.760. The van der Waals surface area contributed by atoms with Gasteiger partial charge in [0, 0.05) is 6.54 Å². The Bertz CT molecular complexity index is 438. The van der Waals surface area contributed by atoms with Crippen molar-refractivity contribution in [3.8, 4) is 6.07 Å². The van der Waals surface area contributed by atoms with Crippen molar-refractivity contribution in [2.75, 3.05) is 0 Å². The van der Waals surface area contributed by atoms with Crippen LogP contribution >= 0.6 is 11.3 Å². The number of rotatable bonds is 3. The Hall–Kier alpha value is -1.67. The highest BCUT2D eigenvalue weighted by molar-refractivity contribution is 7.07. The van der Waals surface area contributed by atoms with Crippen molar-refractivity contribution < 1.29 is 0 Å². The van der Waals surface area contributed by atoms with E-state index in [-0.39, 0.29) is 5.82 Å². The molecule has 2 rings (SSSR count). The van der Waals surface area contributed by atoms with Crippen molar-refractivity contribution in [3.05, 3.63) is 34.5 Å². The minimum Gasteiger partial charge on any atom is -0.251 e. The van der Waals surface area contributed by atoms with Gasteiger partial charge < -0.3 is 0 Å². The molecule has 0 radical (unpaired) electrons. The van der Waals surface area contributed by atoms with Crippen LogP contribution in [-0.2, 0) is 13.0 Å². The highest BCUT2D eigenvalue weighted by Crippen LogP contribution is 2.07. The summed E-state index contributed by atoms with van der Waals surface area (Å²) >= 11 is 1.69. The molecule has 0 amide bonds. The van der Waals surface area contributed by atoms with E-state index in [4.69, 9.17) is 5.26 Å². The highest BCUT2D eigenvalue weighted by atomic mass is 32.1. The molecule has 0 saturated carbocycles. The van der Waals surface area contributed by atoms with Crippen LogP contribution in [0, 0.1) is 11.3 Å². The smallest absolute Gasteiger partial charge is 0.251 e. The predicted molar refractivity (Wildman–Crippen MR) is 52.8 cm³/mol. The van der Waals surface area contributed by atoms with Crippen LogP contribution in [-0.4, -0.2) is 14.8 Å². The number of nitriles is 1. The molecule has 0 bridgehead atoms. The first-order valence-corrected chi connectivity index (χ1v) is 5.13. The molecule has 0 N–H and O–H groups in total. The van der Waals surface area contributed by atoms with E-state index in [1.165, 1.54) is 5.56 Å². The molecule has 2 aromatic rings. The van der Waals surface area contributed by atoms with Crippen LogP contribution in [0.3, 0.4) is 0 Å². The fourth-order valence-corrected chi connectivity index (χ4v) is 1.84. The second kappa shape index (κ2) is 4.03. The molecule has 0 spiro atoms. The predicted octanol–water partition coefficient (Wildman–Crippen LogP) is 1.45. The van der Waals surface area contributed by atoms with Crippen molar-refractivity contribution in [1.29, 1.82) is 5.26 Å². The largest absolute Gasteiger partial charge is 0.252 e. The lowest BCUT2D eigenvalue weighted by Crippen LogP contribution is -2.01. The lowest BCUT2D eigenvalue weighted by atomic mass is 10.2. The molecule has 0 aliphatic heterocycles. The van der Waals surface area contributed by atoms with E-state index in [1.807, 2.05) is 6.07 Å². The van der Waals surface area contributed by atoms with Gasteiger partial charge >= 0.3 is 0 Å². The van der Waals surface area contributed by atoms with E-state index in [1.54, 1.807) is 22.3 Å². The summed E-state index contributed by atoms with van der Waals surface area (Å²) in [6, 6.07) is 3.99. The van der Waals surface area contributed by atoms with Crippen molar-refractivity contribution in [1.82, 2.24) is 14.8 Å². The second-order valence-electron chi connectivity index (χ2n) is 2.82. The monoisotopic (exact) mass is 204 g/mol. The van der Waals surface area contributed by atoms with Gasteiger partial charge in [0.1, 0.15) is 12.4 Å². The van der Waals surface area contributed by atoms with Gasteiger partial charge in [-0.25, -0.2) is 4.98 Å². The molecule has 0 unspecified atom stereocenters.